The van der Waals surface area contributed by atoms with Gasteiger partial charge in [-0.3, -0.25) is 9.78 Å². The normalized spacial score (nSPS) is 10.3. The van der Waals surface area contributed by atoms with Crippen LogP contribution in [-0.4, -0.2) is 26.5 Å². The average molecular weight is 338 g/mol. The van der Waals surface area contributed by atoms with Crippen molar-refractivity contribution in [3.8, 4) is 0 Å². The number of carboxylic acids is 1. The monoisotopic (exact) mass is 337 g/mol. The van der Waals surface area contributed by atoms with Gasteiger partial charge >= 0.3 is 5.97 Å². The number of carbonyl (C=O) groups is 2. The van der Waals surface area contributed by atoms with Crippen LogP contribution in [0.25, 0.3) is 0 Å². The van der Waals surface area contributed by atoms with E-state index >= 15 is 0 Å². The zero-order valence-corrected chi connectivity index (χ0v) is 12.2. The summed E-state index contributed by atoms with van der Waals surface area (Å²) in [5.74, 6) is -1.41. The summed E-state index contributed by atoms with van der Waals surface area (Å²) in [6.07, 6.45) is 4.43. The number of halogens is 1. The molecule has 0 radical (unpaired) electrons. The number of hydrogen-bond acceptors (Lipinski definition) is 3. The number of amides is 1. The third-order valence-electron chi connectivity index (χ3n) is 2.68. The van der Waals surface area contributed by atoms with Gasteiger partial charge in [-0.15, -0.1) is 0 Å². The first-order valence-electron chi connectivity index (χ1n) is 5.86. The van der Waals surface area contributed by atoms with Crippen LogP contribution < -0.4 is 5.32 Å². The third kappa shape index (κ3) is 3.05. The van der Waals surface area contributed by atoms with Gasteiger partial charge in [-0.25, -0.2) is 4.79 Å². The smallest absolute Gasteiger partial charge is 0.337 e. The van der Waals surface area contributed by atoms with E-state index in [1.165, 1.54) is 18.5 Å². The van der Waals surface area contributed by atoms with Gasteiger partial charge in [0.2, 0.25) is 0 Å². The van der Waals surface area contributed by atoms with Gasteiger partial charge < -0.3 is 15.0 Å². The van der Waals surface area contributed by atoms with Crippen LogP contribution in [0.1, 0.15) is 27.8 Å². The van der Waals surface area contributed by atoms with Crippen molar-refractivity contribution in [1.82, 2.24) is 9.55 Å². The number of anilines is 1. The number of hydrogen-bond donors (Lipinski definition) is 2. The van der Waals surface area contributed by atoms with Gasteiger partial charge in [0.15, 0.2) is 0 Å². The molecule has 2 rings (SSSR count). The number of aryl methyl sites for hydroxylation is 1. The van der Waals surface area contributed by atoms with E-state index < -0.39 is 5.97 Å². The summed E-state index contributed by atoms with van der Waals surface area (Å²) in [7, 11) is 0. The van der Waals surface area contributed by atoms with Gasteiger partial charge in [-0.2, -0.15) is 0 Å². The molecular weight excluding hydrogens is 326 g/mol. The number of aromatic carboxylic acids is 1. The summed E-state index contributed by atoms with van der Waals surface area (Å²) >= 11 is 3.32. The number of pyridine rings is 1. The van der Waals surface area contributed by atoms with E-state index in [9.17, 15) is 9.59 Å². The summed E-state index contributed by atoms with van der Waals surface area (Å²) in [5, 5.41) is 11.5. The minimum atomic E-state index is -1.09. The molecule has 0 saturated heterocycles. The van der Waals surface area contributed by atoms with E-state index in [0.29, 0.717) is 17.9 Å². The lowest BCUT2D eigenvalue weighted by Gasteiger charge is -2.07. The molecule has 0 unspecified atom stereocenters. The first kappa shape index (κ1) is 14.3. The van der Waals surface area contributed by atoms with Crippen LogP contribution in [0.4, 0.5) is 5.69 Å². The molecule has 2 aromatic rings. The zero-order chi connectivity index (χ0) is 14.7. The third-order valence-corrected chi connectivity index (χ3v) is 3.11. The standard InChI is InChI=1S/C13H12BrN3O3/c1-2-17-7-9(14)4-11(17)12(18)16-10-3-8(13(19)20)5-15-6-10/h3-7H,2H2,1H3,(H,16,18)(H,19,20). The van der Waals surface area contributed by atoms with Crippen LogP contribution in [0.15, 0.2) is 35.2 Å². The van der Waals surface area contributed by atoms with Gasteiger partial charge in [-0.05, 0) is 35.0 Å². The summed E-state index contributed by atoms with van der Waals surface area (Å²) < 4.78 is 2.59. The molecule has 6 nitrogen and oxygen atoms in total. The Kier molecular flexibility index (Phi) is 4.19. The van der Waals surface area contributed by atoms with Crippen LogP contribution in [-0.2, 0) is 6.54 Å². The van der Waals surface area contributed by atoms with Gasteiger partial charge in [0, 0.05) is 23.4 Å². The highest BCUT2D eigenvalue weighted by atomic mass is 79.9. The van der Waals surface area contributed by atoms with Crippen molar-refractivity contribution in [3.63, 3.8) is 0 Å². The number of carboxylic acid groups (broad SMARTS) is 1. The molecule has 0 aliphatic carbocycles. The van der Waals surface area contributed by atoms with E-state index in [-0.39, 0.29) is 11.5 Å². The predicted octanol–water partition coefficient (Wildman–Crippen LogP) is 2.62. The lowest BCUT2D eigenvalue weighted by atomic mass is 10.2. The van der Waals surface area contributed by atoms with Crippen molar-refractivity contribution in [1.29, 1.82) is 0 Å². The minimum absolute atomic E-state index is 0.0230. The Hall–Kier alpha value is -2.15. The fourth-order valence-electron chi connectivity index (χ4n) is 1.75. The molecular formula is C13H12BrN3O3. The largest absolute Gasteiger partial charge is 0.478 e. The second-order valence-corrected chi connectivity index (χ2v) is 4.97. The number of nitrogens with zero attached hydrogens (tertiary/aromatic N) is 2. The Bertz CT molecular complexity index is 667. The molecule has 2 heterocycles. The summed E-state index contributed by atoms with van der Waals surface area (Å²) in [6, 6.07) is 3.06. The van der Waals surface area contributed by atoms with Crippen LogP contribution in [0.3, 0.4) is 0 Å². The topological polar surface area (TPSA) is 84.2 Å². The SMILES string of the molecule is CCn1cc(Br)cc1C(=O)Nc1cncc(C(=O)O)c1. The lowest BCUT2D eigenvalue weighted by molar-refractivity contribution is 0.0696. The number of rotatable bonds is 4. The highest BCUT2D eigenvalue weighted by Gasteiger charge is 2.13. The summed E-state index contributed by atoms with van der Waals surface area (Å²) in [4.78, 5) is 26.8. The van der Waals surface area contributed by atoms with Gasteiger partial charge in [0.25, 0.3) is 5.91 Å². The van der Waals surface area contributed by atoms with Crippen molar-refractivity contribution in [2.24, 2.45) is 0 Å². The molecule has 0 bridgehead atoms. The molecule has 0 aromatic carbocycles. The lowest BCUT2D eigenvalue weighted by Crippen LogP contribution is -2.16. The van der Waals surface area contributed by atoms with Crippen LogP contribution in [0.2, 0.25) is 0 Å². The van der Waals surface area contributed by atoms with Crippen molar-refractivity contribution >= 4 is 33.5 Å². The Morgan fingerprint density at radius 3 is 2.80 bits per heavy atom. The van der Waals surface area contributed by atoms with E-state index in [1.807, 2.05) is 6.92 Å². The van der Waals surface area contributed by atoms with Crippen molar-refractivity contribution in [3.05, 3.63) is 46.5 Å². The Morgan fingerprint density at radius 2 is 2.15 bits per heavy atom. The first-order valence-corrected chi connectivity index (χ1v) is 6.66. The summed E-state index contributed by atoms with van der Waals surface area (Å²) in [5.41, 5.74) is 0.852. The average Bonchev–Trinajstić information content (AvgIpc) is 2.80. The quantitative estimate of drug-likeness (QED) is 0.898. The fraction of sp³-hybridized carbons (Fsp3) is 0.154. The van der Waals surface area contributed by atoms with Crippen LogP contribution in [0, 0.1) is 0 Å². The van der Waals surface area contributed by atoms with Crippen LogP contribution in [0.5, 0.6) is 0 Å². The zero-order valence-electron chi connectivity index (χ0n) is 10.6. The molecule has 0 saturated carbocycles. The number of nitrogens with one attached hydrogen (secondary N) is 1. The van der Waals surface area contributed by atoms with E-state index in [1.54, 1.807) is 16.8 Å². The number of carbonyl (C=O) groups excluding carboxylic acids is 1. The maximum Gasteiger partial charge on any atom is 0.337 e. The molecule has 2 aromatic heterocycles. The highest BCUT2D eigenvalue weighted by molar-refractivity contribution is 9.10. The Morgan fingerprint density at radius 1 is 1.40 bits per heavy atom. The molecule has 0 aliphatic rings. The molecule has 1 amide bonds. The molecule has 0 fully saturated rings. The van der Waals surface area contributed by atoms with Crippen LogP contribution >= 0.6 is 15.9 Å². The van der Waals surface area contributed by atoms with Crippen molar-refractivity contribution in [2.45, 2.75) is 13.5 Å². The second-order valence-electron chi connectivity index (χ2n) is 4.05. The molecule has 7 heteroatoms. The summed E-state index contributed by atoms with van der Waals surface area (Å²) in [6.45, 7) is 2.58. The Labute approximate surface area is 123 Å². The molecule has 20 heavy (non-hydrogen) atoms. The minimum Gasteiger partial charge on any atom is -0.478 e. The van der Waals surface area contributed by atoms with Gasteiger partial charge in [0.05, 0.1) is 17.4 Å². The first-order chi connectivity index (χ1) is 9.51. The van der Waals surface area contributed by atoms with E-state index in [4.69, 9.17) is 5.11 Å². The highest BCUT2D eigenvalue weighted by Crippen LogP contribution is 2.17. The molecule has 0 spiro atoms. The molecule has 0 atom stereocenters. The Balaban J connectivity index is 2.23. The molecule has 104 valence electrons. The predicted molar refractivity (Wildman–Crippen MR) is 77.0 cm³/mol. The van der Waals surface area contributed by atoms with E-state index in [0.717, 1.165) is 4.47 Å². The van der Waals surface area contributed by atoms with Gasteiger partial charge in [-0.1, -0.05) is 0 Å². The maximum atomic E-state index is 12.2. The number of aromatic nitrogens is 2. The van der Waals surface area contributed by atoms with Crippen molar-refractivity contribution in [2.75, 3.05) is 5.32 Å². The molecule has 0 aliphatic heterocycles. The van der Waals surface area contributed by atoms with Gasteiger partial charge in [0.1, 0.15) is 5.69 Å². The fourth-order valence-corrected chi connectivity index (χ4v) is 2.21. The second kappa shape index (κ2) is 5.87. The van der Waals surface area contributed by atoms with E-state index in [2.05, 4.69) is 26.2 Å². The van der Waals surface area contributed by atoms with Crippen molar-refractivity contribution < 1.29 is 14.7 Å². The molecule has 2 N–H and O–H groups in total. The maximum absolute atomic E-state index is 12.2.